The van der Waals surface area contributed by atoms with Crippen molar-refractivity contribution in [3.8, 4) is 6.07 Å². The summed E-state index contributed by atoms with van der Waals surface area (Å²) in [6, 6.07) is 7.17. The first-order valence-electron chi connectivity index (χ1n) is 5.11. The fourth-order valence-corrected chi connectivity index (χ4v) is 1.80. The highest BCUT2D eigenvalue weighted by atomic mass is 35.5. The van der Waals surface area contributed by atoms with E-state index in [4.69, 9.17) is 33.6 Å². The molecule has 0 amide bonds. The van der Waals surface area contributed by atoms with Crippen LogP contribution in [-0.2, 0) is 4.79 Å². The van der Waals surface area contributed by atoms with Gasteiger partial charge < -0.3 is 5.11 Å². The first kappa shape index (κ1) is 13.8. The number of carboxylic acids is 1. The van der Waals surface area contributed by atoms with Gasteiger partial charge in [0.1, 0.15) is 0 Å². The highest BCUT2D eigenvalue weighted by molar-refractivity contribution is 6.42. The average molecular weight is 272 g/mol. The maximum absolute atomic E-state index is 10.4. The van der Waals surface area contributed by atoms with E-state index in [-0.39, 0.29) is 12.3 Å². The SMILES string of the molecule is N#CC(CCCC(=O)O)c1ccc(Cl)c(Cl)c1. The van der Waals surface area contributed by atoms with Crippen molar-refractivity contribution in [1.82, 2.24) is 0 Å². The molecule has 90 valence electrons. The first-order valence-corrected chi connectivity index (χ1v) is 5.86. The monoisotopic (exact) mass is 271 g/mol. The molecular weight excluding hydrogens is 261 g/mol. The molecule has 5 heteroatoms. The number of rotatable bonds is 5. The summed E-state index contributed by atoms with van der Waals surface area (Å²) in [6.07, 6.45) is 1.04. The molecule has 1 rings (SSSR count). The van der Waals surface area contributed by atoms with Crippen molar-refractivity contribution in [2.75, 3.05) is 0 Å². The summed E-state index contributed by atoms with van der Waals surface area (Å²) < 4.78 is 0. The van der Waals surface area contributed by atoms with E-state index in [1.165, 1.54) is 0 Å². The molecule has 1 atom stereocenters. The number of carbonyl (C=O) groups is 1. The van der Waals surface area contributed by atoms with E-state index in [1.54, 1.807) is 18.2 Å². The van der Waals surface area contributed by atoms with Crippen LogP contribution in [0.3, 0.4) is 0 Å². The number of carboxylic acid groups (broad SMARTS) is 1. The van der Waals surface area contributed by atoms with E-state index < -0.39 is 5.97 Å². The predicted octanol–water partition coefficient (Wildman–Crippen LogP) is 3.86. The van der Waals surface area contributed by atoms with Crippen molar-refractivity contribution in [3.63, 3.8) is 0 Å². The fraction of sp³-hybridized carbons (Fsp3) is 0.333. The van der Waals surface area contributed by atoms with Crippen molar-refractivity contribution < 1.29 is 9.90 Å². The molecule has 17 heavy (non-hydrogen) atoms. The van der Waals surface area contributed by atoms with Crippen LogP contribution in [0.4, 0.5) is 0 Å². The van der Waals surface area contributed by atoms with Crippen LogP contribution in [0.1, 0.15) is 30.7 Å². The number of benzene rings is 1. The Balaban J connectivity index is 2.70. The molecule has 0 saturated heterocycles. The van der Waals surface area contributed by atoms with Gasteiger partial charge in [-0.3, -0.25) is 4.79 Å². The van der Waals surface area contributed by atoms with Crippen LogP contribution in [0.25, 0.3) is 0 Å². The van der Waals surface area contributed by atoms with Gasteiger partial charge in [-0.25, -0.2) is 0 Å². The molecule has 0 aliphatic rings. The summed E-state index contributed by atoms with van der Waals surface area (Å²) >= 11 is 11.6. The Kier molecular flexibility index (Phi) is 5.27. The van der Waals surface area contributed by atoms with E-state index in [9.17, 15) is 4.79 Å². The maximum atomic E-state index is 10.4. The van der Waals surface area contributed by atoms with E-state index in [1.807, 2.05) is 0 Å². The minimum atomic E-state index is -0.851. The number of nitrogens with zero attached hydrogens (tertiary/aromatic N) is 1. The molecule has 1 unspecified atom stereocenters. The molecule has 0 spiro atoms. The lowest BCUT2D eigenvalue weighted by atomic mass is 9.95. The Morgan fingerprint density at radius 3 is 2.65 bits per heavy atom. The minimum absolute atomic E-state index is 0.0690. The Morgan fingerprint density at radius 2 is 2.12 bits per heavy atom. The van der Waals surface area contributed by atoms with Crippen molar-refractivity contribution in [2.45, 2.75) is 25.2 Å². The molecule has 0 aliphatic heterocycles. The second-order valence-electron chi connectivity index (χ2n) is 3.64. The quantitative estimate of drug-likeness (QED) is 0.885. The Labute approximate surface area is 110 Å². The lowest BCUT2D eigenvalue weighted by Crippen LogP contribution is -1.99. The summed E-state index contributed by atoms with van der Waals surface area (Å²) in [4.78, 5) is 10.4. The number of halogens is 2. The normalized spacial score (nSPS) is 11.8. The zero-order chi connectivity index (χ0) is 12.8. The summed E-state index contributed by atoms with van der Waals surface area (Å²) in [5.41, 5.74) is 0.771. The molecule has 0 aromatic heterocycles. The summed E-state index contributed by atoms with van der Waals surface area (Å²) in [5.74, 6) is -1.19. The number of hydrogen-bond acceptors (Lipinski definition) is 2. The van der Waals surface area contributed by atoms with Gasteiger partial charge in [0, 0.05) is 6.42 Å². The van der Waals surface area contributed by atoms with Gasteiger partial charge in [0.25, 0.3) is 0 Å². The standard InChI is InChI=1S/C12H11Cl2NO2/c13-10-5-4-8(6-11(10)14)9(7-15)2-1-3-12(16)17/h4-6,9H,1-3H2,(H,16,17). The zero-order valence-corrected chi connectivity index (χ0v) is 10.5. The van der Waals surface area contributed by atoms with Gasteiger partial charge in [-0.1, -0.05) is 29.3 Å². The second kappa shape index (κ2) is 6.48. The first-order chi connectivity index (χ1) is 8.04. The molecule has 3 nitrogen and oxygen atoms in total. The van der Waals surface area contributed by atoms with Gasteiger partial charge in [-0.2, -0.15) is 5.26 Å². The molecule has 0 fully saturated rings. The van der Waals surface area contributed by atoms with Crippen molar-refractivity contribution in [3.05, 3.63) is 33.8 Å². The maximum Gasteiger partial charge on any atom is 0.303 e. The topological polar surface area (TPSA) is 61.1 Å². The van der Waals surface area contributed by atoms with Gasteiger partial charge in [0.2, 0.25) is 0 Å². The van der Waals surface area contributed by atoms with Gasteiger partial charge >= 0.3 is 5.97 Å². The third kappa shape index (κ3) is 4.26. The molecule has 0 bridgehead atoms. The van der Waals surface area contributed by atoms with Crippen LogP contribution < -0.4 is 0 Å². The predicted molar refractivity (Wildman–Crippen MR) is 66.3 cm³/mol. The Morgan fingerprint density at radius 1 is 1.41 bits per heavy atom. The summed E-state index contributed by atoms with van der Waals surface area (Å²) in [6.45, 7) is 0. The number of aliphatic carboxylic acids is 1. The molecule has 1 aromatic rings. The van der Waals surface area contributed by atoms with Crippen LogP contribution in [0.15, 0.2) is 18.2 Å². The van der Waals surface area contributed by atoms with Crippen molar-refractivity contribution >= 4 is 29.2 Å². The lowest BCUT2D eigenvalue weighted by molar-refractivity contribution is -0.137. The van der Waals surface area contributed by atoms with E-state index >= 15 is 0 Å². The van der Waals surface area contributed by atoms with E-state index in [0.29, 0.717) is 22.9 Å². The van der Waals surface area contributed by atoms with Crippen LogP contribution in [0, 0.1) is 11.3 Å². The molecule has 0 saturated carbocycles. The Hall–Kier alpha value is -1.24. The zero-order valence-electron chi connectivity index (χ0n) is 8.99. The van der Waals surface area contributed by atoms with Crippen LogP contribution in [0.5, 0.6) is 0 Å². The van der Waals surface area contributed by atoms with Gasteiger partial charge in [0.05, 0.1) is 22.0 Å². The molecule has 0 heterocycles. The molecule has 1 N–H and O–H groups in total. The average Bonchev–Trinajstić information content (AvgIpc) is 2.28. The second-order valence-corrected chi connectivity index (χ2v) is 4.46. The third-order valence-corrected chi connectivity index (χ3v) is 3.12. The van der Waals surface area contributed by atoms with E-state index in [2.05, 4.69) is 6.07 Å². The summed E-state index contributed by atoms with van der Waals surface area (Å²) in [5, 5.41) is 18.4. The number of nitriles is 1. The van der Waals surface area contributed by atoms with Gasteiger partial charge in [-0.15, -0.1) is 0 Å². The van der Waals surface area contributed by atoms with Crippen LogP contribution in [-0.4, -0.2) is 11.1 Å². The largest absolute Gasteiger partial charge is 0.481 e. The molecule has 0 aliphatic carbocycles. The lowest BCUT2D eigenvalue weighted by Gasteiger charge is -2.09. The van der Waals surface area contributed by atoms with Crippen molar-refractivity contribution in [2.24, 2.45) is 0 Å². The molecule has 0 radical (unpaired) electrons. The van der Waals surface area contributed by atoms with Crippen LogP contribution >= 0.6 is 23.2 Å². The fourth-order valence-electron chi connectivity index (χ4n) is 1.49. The minimum Gasteiger partial charge on any atom is -0.481 e. The smallest absolute Gasteiger partial charge is 0.303 e. The highest BCUT2D eigenvalue weighted by Crippen LogP contribution is 2.28. The molecule has 1 aromatic carbocycles. The Bertz CT molecular complexity index is 454. The van der Waals surface area contributed by atoms with Gasteiger partial charge in [0.15, 0.2) is 0 Å². The third-order valence-electron chi connectivity index (χ3n) is 2.39. The number of hydrogen-bond donors (Lipinski definition) is 1. The van der Waals surface area contributed by atoms with Gasteiger partial charge in [-0.05, 0) is 30.5 Å². The summed E-state index contributed by atoms with van der Waals surface area (Å²) in [7, 11) is 0. The van der Waals surface area contributed by atoms with E-state index in [0.717, 1.165) is 5.56 Å². The highest BCUT2D eigenvalue weighted by Gasteiger charge is 2.12. The van der Waals surface area contributed by atoms with Crippen LogP contribution in [0.2, 0.25) is 10.0 Å². The molecular formula is C12H11Cl2NO2. The van der Waals surface area contributed by atoms with Crippen molar-refractivity contribution in [1.29, 1.82) is 5.26 Å².